The van der Waals surface area contributed by atoms with E-state index in [0.717, 1.165) is 4.88 Å². The van der Waals surface area contributed by atoms with E-state index in [2.05, 4.69) is 20.6 Å². The highest BCUT2D eigenvalue weighted by Crippen LogP contribution is 2.27. The Morgan fingerprint density at radius 3 is 2.80 bits per heavy atom. The number of ether oxygens (including phenoxy) is 1. The molecule has 0 aliphatic rings. The second kappa shape index (κ2) is 6.61. The van der Waals surface area contributed by atoms with Gasteiger partial charge < -0.3 is 4.74 Å². The van der Waals surface area contributed by atoms with Crippen LogP contribution in [0.3, 0.4) is 0 Å². The van der Waals surface area contributed by atoms with E-state index in [0.29, 0.717) is 21.7 Å². The fraction of sp³-hybridized carbons (Fsp3) is 0.125. The zero-order chi connectivity index (χ0) is 17.2. The number of nitrogens with zero attached hydrogens (tertiary/aromatic N) is 4. The van der Waals surface area contributed by atoms with Crippen LogP contribution in [0.15, 0.2) is 47.8 Å². The van der Waals surface area contributed by atoms with Crippen molar-refractivity contribution in [2.45, 2.75) is 13.0 Å². The van der Waals surface area contributed by atoms with Gasteiger partial charge in [0.2, 0.25) is 10.1 Å². The molecule has 0 aliphatic heterocycles. The molecular weight excluding hydrogens is 358 g/mol. The van der Waals surface area contributed by atoms with Gasteiger partial charge in [0.15, 0.2) is 11.9 Å². The number of para-hydroxylation sites is 1. The topological polar surface area (TPSA) is 81.4 Å². The van der Waals surface area contributed by atoms with Crippen molar-refractivity contribution in [3.63, 3.8) is 0 Å². The van der Waals surface area contributed by atoms with Crippen LogP contribution in [-0.4, -0.2) is 31.8 Å². The van der Waals surface area contributed by atoms with Crippen LogP contribution in [-0.2, 0) is 4.79 Å². The molecule has 1 aromatic carbocycles. The number of hydrogen-bond acceptors (Lipinski definition) is 7. The minimum Gasteiger partial charge on any atom is -0.481 e. The number of amides is 1. The molecule has 0 radical (unpaired) electrons. The SMILES string of the molecule is C[C@H](Oc1ccccc1)C(=O)Nc1nn2c(-c3cccs3)nnc2s1. The number of thiophene rings is 1. The Bertz CT molecular complexity index is 994. The maximum absolute atomic E-state index is 12.3. The van der Waals surface area contributed by atoms with Crippen LogP contribution in [0, 0.1) is 0 Å². The summed E-state index contributed by atoms with van der Waals surface area (Å²) >= 11 is 2.82. The van der Waals surface area contributed by atoms with E-state index < -0.39 is 6.10 Å². The lowest BCUT2D eigenvalue weighted by Crippen LogP contribution is -2.30. The molecule has 0 saturated carbocycles. The second-order valence-corrected chi connectivity index (χ2v) is 7.07. The van der Waals surface area contributed by atoms with E-state index in [4.69, 9.17) is 4.74 Å². The zero-order valence-electron chi connectivity index (χ0n) is 13.1. The maximum Gasteiger partial charge on any atom is 0.266 e. The van der Waals surface area contributed by atoms with E-state index in [1.54, 1.807) is 34.9 Å². The first-order chi connectivity index (χ1) is 12.2. The van der Waals surface area contributed by atoms with Crippen LogP contribution < -0.4 is 10.1 Å². The molecule has 9 heteroatoms. The number of benzene rings is 1. The van der Waals surface area contributed by atoms with Gasteiger partial charge >= 0.3 is 0 Å². The van der Waals surface area contributed by atoms with Crippen LogP contribution in [0.4, 0.5) is 5.13 Å². The highest BCUT2D eigenvalue weighted by molar-refractivity contribution is 7.20. The minimum absolute atomic E-state index is 0.272. The summed E-state index contributed by atoms with van der Waals surface area (Å²) in [5.74, 6) is 1.03. The van der Waals surface area contributed by atoms with Crippen molar-refractivity contribution < 1.29 is 9.53 Å². The predicted octanol–water partition coefficient (Wildman–Crippen LogP) is 3.32. The first-order valence-corrected chi connectivity index (χ1v) is 9.19. The van der Waals surface area contributed by atoms with Gasteiger partial charge in [0.25, 0.3) is 5.91 Å². The molecule has 25 heavy (non-hydrogen) atoms. The number of aromatic nitrogens is 4. The molecule has 0 unspecified atom stereocenters. The highest BCUT2D eigenvalue weighted by atomic mass is 32.1. The summed E-state index contributed by atoms with van der Waals surface area (Å²) in [5, 5.41) is 17.8. The standard InChI is InChI=1S/C16H13N5O2S2/c1-10(23-11-6-3-2-4-7-11)14(22)17-15-20-21-13(12-8-5-9-24-12)18-19-16(21)25-15/h2-10H,1H3,(H,17,20,22)/t10-/m0/s1. The summed E-state index contributed by atoms with van der Waals surface area (Å²) < 4.78 is 7.25. The van der Waals surface area contributed by atoms with Gasteiger partial charge in [-0.25, -0.2) is 0 Å². The van der Waals surface area contributed by atoms with E-state index >= 15 is 0 Å². The molecule has 3 heterocycles. The van der Waals surface area contributed by atoms with Gasteiger partial charge in [-0.3, -0.25) is 10.1 Å². The largest absolute Gasteiger partial charge is 0.481 e. The summed E-state index contributed by atoms with van der Waals surface area (Å²) in [7, 11) is 0. The Morgan fingerprint density at radius 2 is 2.04 bits per heavy atom. The van der Waals surface area contributed by atoms with Gasteiger partial charge in [-0.1, -0.05) is 35.6 Å². The molecule has 0 aliphatic carbocycles. The van der Waals surface area contributed by atoms with Gasteiger partial charge in [0.1, 0.15) is 5.75 Å². The lowest BCUT2D eigenvalue weighted by Gasteiger charge is -2.13. The molecule has 0 fully saturated rings. The summed E-state index contributed by atoms with van der Waals surface area (Å²) in [4.78, 5) is 13.9. The lowest BCUT2D eigenvalue weighted by molar-refractivity contribution is -0.122. The Balaban J connectivity index is 1.50. The Labute approximate surface area is 150 Å². The molecule has 0 bridgehead atoms. The van der Waals surface area contributed by atoms with Crippen molar-refractivity contribution in [3.8, 4) is 16.5 Å². The van der Waals surface area contributed by atoms with Crippen molar-refractivity contribution in [2.75, 3.05) is 5.32 Å². The Kier molecular flexibility index (Phi) is 4.16. The highest BCUT2D eigenvalue weighted by Gasteiger charge is 2.19. The summed E-state index contributed by atoms with van der Waals surface area (Å²) in [6.45, 7) is 1.69. The number of fused-ring (bicyclic) bond motifs is 1. The van der Waals surface area contributed by atoms with Crippen molar-refractivity contribution in [1.29, 1.82) is 0 Å². The fourth-order valence-corrected chi connectivity index (χ4v) is 3.63. The third-order valence-corrected chi connectivity index (χ3v) is 5.07. The van der Waals surface area contributed by atoms with E-state index in [1.165, 1.54) is 11.3 Å². The average molecular weight is 371 g/mol. The average Bonchev–Trinajstić information content (AvgIpc) is 3.32. The lowest BCUT2D eigenvalue weighted by atomic mass is 10.3. The van der Waals surface area contributed by atoms with Gasteiger partial charge in [-0.15, -0.1) is 26.6 Å². The van der Waals surface area contributed by atoms with E-state index in [9.17, 15) is 4.79 Å². The first kappa shape index (κ1) is 15.7. The van der Waals surface area contributed by atoms with Gasteiger partial charge in [-0.05, 0) is 30.5 Å². The number of anilines is 1. The molecule has 0 spiro atoms. The zero-order valence-corrected chi connectivity index (χ0v) is 14.8. The molecule has 126 valence electrons. The number of nitrogens with one attached hydrogen (secondary N) is 1. The summed E-state index contributed by atoms with van der Waals surface area (Å²) in [5.41, 5.74) is 0. The number of carbonyl (C=O) groups excluding carboxylic acids is 1. The first-order valence-electron chi connectivity index (χ1n) is 7.49. The molecule has 0 saturated heterocycles. The molecule has 4 rings (SSSR count). The smallest absolute Gasteiger partial charge is 0.266 e. The maximum atomic E-state index is 12.3. The molecule has 3 aromatic heterocycles. The predicted molar refractivity (Wildman–Crippen MR) is 97.1 cm³/mol. The number of rotatable bonds is 5. The van der Waals surface area contributed by atoms with Gasteiger partial charge in [0.05, 0.1) is 4.88 Å². The molecule has 7 nitrogen and oxygen atoms in total. The molecule has 4 aromatic rings. The summed E-state index contributed by atoms with van der Waals surface area (Å²) in [6, 6.07) is 13.1. The van der Waals surface area contributed by atoms with Crippen molar-refractivity contribution in [2.24, 2.45) is 0 Å². The van der Waals surface area contributed by atoms with Crippen molar-refractivity contribution in [1.82, 2.24) is 19.8 Å². The third kappa shape index (κ3) is 3.24. The van der Waals surface area contributed by atoms with Gasteiger partial charge in [-0.2, -0.15) is 4.52 Å². The van der Waals surface area contributed by atoms with Crippen LogP contribution in [0.25, 0.3) is 15.7 Å². The molecule has 1 amide bonds. The normalized spacial score (nSPS) is 12.2. The van der Waals surface area contributed by atoms with Crippen LogP contribution in [0.1, 0.15) is 6.92 Å². The van der Waals surface area contributed by atoms with E-state index in [-0.39, 0.29) is 5.91 Å². The monoisotopic (exact) mass is 371 g/mol. The molecule has 1 N–H and O–H groups in total. The minimum atomic E-state index is -0.645. The summed E-state index contributed by atoms with van der Waals surface area (Å²) in [6.07, 6.45) is -0.645. The molecular formula is C16H13N5O2S2. The van der Waals surface area contributed by atoms with E-state index in [1.807, 2.05) is 35.7 Å². The van der Waals surface area contributed by atoms with Crippen LogP contribution in [0.2, 0.25) is 0 Å². The number of carbonyl (C=O) groups is 1. The van der Waals surface area contributed by atoms with Crippen LogP contribution >= 0.6 is 22.7 Å². The van der Waals surface area contributed by atoms with Crippen LogP contribution in [0.5, 0.6) is 5.75 Å². The molecule has 1 atom stereocenters. The Hall–Kier alpha value is -2.78. The quantitative estimate of drug-likeness (QED) is 0.582. The Morgan fingerprint density at radius 1 is 1.20 bits per heavy atom. The van der Waals surface area contributed by atoms with Crippen molar-refractivity contribution in [3.05, 3.63) is 47.8 Å². The second-order valence-electron chi connectivity index (χ2n) is 5.16. The van der Waals surface area contributed by atoms with Gasteiger partial charge in [0, 0.05) is 0 Å². The van der Waals surface area contributed by atoms with Crippen molar-refractivity contribution >= 4 is 38.7 Å². The number of hydrogen-bond donors (Lipinski definition) is 1. The fourth-order valence-electron chi connectivity index (χ4n) is 2.19. The third-order valence-electron chi connectivity index (χ3n) is 3.39.